The van der Waals surface area contributed by atoms with E-state index < -0.39 is 5.82 Å². The lowest BCUT2D eigenvalue weighted by atomic mass is 10.2. The molecule has 23 heavy (non-hydrogen) atoms. The molecule has 0 saturated carbocycles. The monoisotopic (exact) mass is 348 g/mol. The van der Waals surface area contributed by atoms with Gasteiger partial charge in [0.1, 0.15) is 5.82 Å². The number of hydrogen-bond acceptors (Lipinski definition) is 6. The summed E-state index contributed by atoms with van der Waals surface area (Å²) in [6.07, 6.45) is 0. The lowest BCUT2D eigenvalue weighted by Gasteiger charge is -1.97. The minimum absolute atomic E-state index is 0.0162. The van der Waals surface area contributed by atoms with E-state index in [4.69, 9.17) is 4.42 Å². The van der Waals surface area contributed by atoms with Gasteiger partial charge < -0.3 is 4.42 Å². The molecule has 0 saturated heterocycles. The summed E-state index contributed by atoms with van der Waals surface area (Å²) < 4.78 is 19.1. The SMILES string of the molecule is Cc1cc(C(=O)CSc2nnc(-c3ccccc3F)o2)c(C)s1. The topological polar surface area (TPSA) is 56.0 Å². The highest BCUT2D eigenvalue weighted by Crippen LogP contribution is 2.27. The van der Waals surface area contributed by atoms with E-state index in [9.17, 15) is 9.18 Å². The molecular weight excluding hydrogens is 335 g/mol. The van der Waals surface area contributed by atoms with Crippen molar-refractivity contribution in [3.63, 3.8) is 0 Å². The number of carbonyl (C=O) groups excluding carboxylic acids is 1. The van der Waals surface area contributed by atoms with Crippen molar-refractivity contribution in [2.45, 2.75) is 19.1 Å². The van der Waals surface area contributed by atoms with Crippen molar-refractivity contribution in [2.24, 2.45) is 0 Å². The van der Waals surface area contributed by atoms with Crippen molar-refractivity contribution in [2.75, 3.05) is 5.75 Å². The van der Waals surface area contributed by atoms with Crippen LogP contribution in [0.15, 0.2) is 40.0 Å². The van der Waals surface area contributed by atoms with Crippen LogP contribution in [0.3, 0.4) is 0 Å². The molecule has 0 atom stereocenters. The van der Waals surface area contributed by atoms with Crippen LogP contribution < -0.4 is 0 Å². The van der Waals surface area contributed by atoms with Crippen LogP contribution in [0.4, 0.5) is 4.39 Å². The van der Waals surface area contributed by atoms with Gasteiger partial charge in [0.25, 0.3) is 11.1 Å². The summed E-state index contributed by atoms with van der Waals surface area (Å²) in [7, 11) is 0. The maximum absolute atomic E-state index is 13.7. The number of aryl methyl sites for hydroxylation is 2. The molecule has 118 valence electrons. The van der Waals surface area contributed by atoms with Gasteiger partial charge in [-0.3, -0.25) is 4.79 Å². The second kappa shape index (κ2) is 6.64. The van der Waals surface area contributed by atoms with Crippen molar-refractivity contribution in [3.05, 3.63) is 51.5 Å². The highest BCUT2D eigenvalue weighted by molar-refractivity contribution is 7.99. The molecule has 0 amide bonds. The Kier molecular flexibility index (Phi) is 4.58. The molecule has 0 N–H and O–H groups in total. The first-order valence-electron chi connectivity index (χ1n) is 6.86. The number of hydrogen-bond donors (Lipinski definition) is 0. The Morgan fingerprint density at radius 3 is 2.78 bits per heavy atom. The van der Waals surface area contributed by atoms with Gasteiger partial charge >= 0.3 is 0 Å². The van der Waals surface area contributed by atoms with E-state index in [1.54, 1.807) is 29.5 Å². The third-order valence-corrected chi connectivity index (χ3v) is 4.96. The number of aromatic nitrogens is 2. The Morgan fingerprint density at radius 1 is 1.30 bits per heavy atom. The molecule has 0 unspecified atom stereocenters. The fraction of sp³-hybridized carbons (Fsp3) is 0.188. The van der Waals surface area contributed by atoms with E-state index in [1.807, 2.05) is 19.9 Å². The number of halogens is 1. The summed E-state index contributed by atoms with van der Waals surface area (Å²) >= 11 is 2.75. The Balaban J connectivity index is 1.69. The van der Waals surface area contributed by atoms with E-state index in [0.717, 1.165) is 27.1 Å². The summed E-state index contributed by atoms with van der Waals surface area (Å²) in [5.74, 6) is -0.0909. The zero-order chi connectivity index (χ0) is 16.4. The van der Waals surface area contributed by atoms with Gasteiger partial charge in [-0.05, 0) is 32.0 Å². The Labute approximate surface area is 140 Å². The molecule has 2 aromatic heterocycles. The van der Waals surface area contributed by atoms with Crippen molar-refractivity contribution < 1.29 is 13.6 Å². The predicted molar refractivity (Wildman–Crippen MR) is 88.5 cm³/mol. The zero-order valence-electron chi connectivity index (χ0n) is 12.5. The average molecular weight is 348 g/mol. The quantitative estimate of drug-likeness (QED) is 0.501. The molecule has 0 radical (unpaired) electrons. The molecule has 2 heterocycles. The van der Waals surface area contributed by atoms with Gasteiger partial charge in [0, 0.05) is 15.3 Å². The molecule has 3 rings (SSSR count). The lowest BCUT2D eigenvalue weighted by molar-refractivity contribution is 0.102. The number of benzene rings is 1. The highest BCUT2D eigenvalue weighted by atomic mass is 32.2. The molecule has 0 spiro atoms. The van der Waals surface area contributed by atoms with Gasteiger partial charge in [-0.1, -0.05) is 23.9 Å². The van der Waals surface area contributed by atoms with Crippen LogP contribution in [0.1, 0.15) is 20.1 Å². The molecule has 1 aromatic carbocycles. The van der Waals surface area contributed by atoms with Crippen molar-refractivity contribution in [1.82, 2.24) is 10.2 Å². The molecule has 0 aliphatic rings. The first-order chi connectivity index (χ1) is 11.0. The van der Waals surface area contributed by atoms with Crippen LogP contribution in [0, 0.1) is 19.7 Å². The average Bonchev–Trinajstić information content (AvgIpc) is 3.12. The van der Waals surface area contributed by atoms with Crippen LogP contribution >= 0.6 is 23.1 Å². The summed E-state index contributed by atoms with van der Waals surface area (Å²) in [4.78, 5) is 14.3. The Hall–Kier alpha value is -1.99. The van der Waals surface area contributed by atoms with E-state index in [2.05, 4.69) is 10.2 Å². The van der Waals surface area contributed by atoms with Crippen LogP contribution in [-0.4, -0.2) is 21.7 Å². The van der Waals surface area contributed by atoms with Gasteiger partial charge in [-0.2, -0.15) is 0 Å². The number of thioether (sulfide) groups is 1. The maximum atomic E-state index is 13.7. The molecular formula is C16H13FN2O2S2. The standard InChI is InChI=1S/C16H13FN2O2S2/c1-9-7-12(10(2)23-9)14(20)8-22-16-19-18-15(21-16)11-5-3-4-6-13(11)17/h3-7H,8H2,1-2H3. The van der Waals surface area contributed by atoms with Crippen molar-refractivity contribution >= 4 is 28.9 Å². The number of Topliss-reactive ketones (excluding diaryl/α,β-unsaturated/α-hetero) is 1. The van der Waals surface area contributed by atoms with Crippen LogP contribution in [0.25, 0.3) is 11.5 Å². The van der Waals surface area contributed by atoms with E-state index in [1.165, 1.54) is 6.07 Å². The number of carbonyl (C=O) groups is 1. The first kappa shape index (κ1) is 15.9. The summed E-state index contributed by atoms with van der Waals surface area (Å²) in [5, 5.41) is 7.94. The minimum atomic E-state index is -0.423. The Morgan fingerprint density at radius 2 is 2.09 bits per heavy atom. The molecule has 0 aliphatic heterocycles. The highest BCUT2D eigenvalue weighted by Gasteiger charge is 2.16. The fourth-order valence-corrected chi connectivity index (χ4v) is 3.71. The smallest absolute Gasteiger partial charge is 0.277 e. The minimum Gasteiger partial charge on any atom is -0.411 e. The summed E-state index contributed by atoms with van der Waals surface area (Å²) in [5.41, 5.74) is 0.983. The molecule has 0 aliphatic carbocycles. The molecule has 4 nitrogen and oxygen atoms in total. The third kappa shape index (κ3) is 3.51. The largest absolute Gasteiger partial charge is 0.411 e. The summed E-state index contributed by atoms with van der Waals surface area (Å²) in [6, 6.07) is 8.08. The van der Waals surface area contributed by atoms with Crippen LogP contribution in [0.2, 0.25) is 0 Å². The molecule has 0 fully saturated rings. The number of ketones is 1. The van der Waals surface area contributed by atoms with Gasteiger partial charge in [0.15, 0.2) is 5.78 Å². The van der Waals surface area contributed by atoms with E-state index >= 15 is 0 Å². The second-order valence-corrected chi connectivity index (χ2v) is 7.28. The number of thiophene rings is 1. The van der Waals surface area contributed by atoms with Gasteiger partial charge in [-0.15, -0.1) is 21.5 Å². The van der Waals surface area contributed by atoms with Gasteiger partial charge in [0.05, 0.1) is 11.3 Å². The normalized spacial score (nSPS) is 10.9. The predicted octanol–water partition coefficient (Wildman–Crippen LogP) is 4.53. The lowest BCUT2D eigenvalue weighted by Crippen LogP contribution is -2.02. The third-order valence-electron chi connectivity index (χ3n) is 3.18. The molecule has 0 bridgehead atoms. The van der Waals surface area contributed by atoms with E-state index in [0.29, 0.717) is 0 Å². The molecule has 3 aromatic rings. The van der Waals surface area contributed by atoms with Crippen LogP contribution in [0.5, 0.6) is 0 Å². The van der Waals surface area contributed by atoms with Gasteiger partial charge in [0.2, 0.25) is 0 Å². The number of rotatable bonds is 5. The van der Waals surface area contributed by atoms with Crippen molar-refractivity contribution in [1.29, 1.82) is 0 Å². The van der Waals surface area contributed by atoms with Crippen molar-refractivity contribution in [3.8, 4) is 11.5 Å². The molecule has 7 heteroatoms. The van der Waals surface area contributed by atoms with E-state index in [-0.39, 0.29) is 28.2 Å². The second-order valence-electron chi connectivity index (χ2n) is 4.89. The number of nitrogens with zero attached hydrogens (tertiary/aromatic N) is 2. The van der Waals surface area contributed by atoms with Crippen LogP contribution in [-0.2, 0) is 0 Å². The fourth-order valence-electron chi connectivity index (χ4n) is 2.12. The zero-order valence-corrected chi connectivity index (χ0v) is 14.1. The Bertz CT molecular complexity index is 857. The first-order valence-corrected chi connectivity index (χ1v) is 8.66. The van der Waals surface area contributed by atoms with Gasteiger partial charge in [-0.25, -0.2) is 4.39 Å². The maximum Gasteiger partial charge on any atom is 0.277 e. The summed E-state index contributed by atoms with van der Waals surface area (Å²) in [6.45, 7) is 3.90.